The number of hydrogen-bond donors (Lipinski definition) is 3. The summed E-state index contributed by atoms with van der Waals surface area (Å²) in [4.78, 5) is 45.1. The van der Waals surface area contributed by atoms with E-state index in [0.717, 1.165) is 30.5 Å². The molecule has 0 spiro atoms. The predicted octanol–water partition coefficient (Wildman–Crippen LogP) is 1.89. The molecule has 3 N–H and O–H groups in total. The van der Waals surface area contributed by atoms with Crippen LogP contribution in [0.5, 0.6) is 0 Å². The van der Waals surface area contributed by atoms with Gasteiger partial charge in [-0.15, -0.1) is 11.3 Å². The lowest BCUT2D eigenvalue weighted by molar-refractivity contribution is 0.102. The second-order valence-corrected chi connectivity index (χ2v) is 7.85. The normalized spacial score (nSPS) is 15.0. The van der Waals surface area contributed by atoms with E-state index in [1.807, 2.05) is 6.20 Å². The molecule has 0 bridgehead atoms. The molecule has 0 aliphatic carbocycles. The first-order valence-corrected chi connectivity index (χ1v) is 10.1. The average Bonchev–Trinajstić information content (AvgIpc) is 3.17. The molecular weight excluding hydrogens is 378 g/mol. The van der Waals surface area contributed by atoms with Crippen molar-refractivity contribution in [1.82, 2.24) is 19.9 Å². The molecule has 1 aliphatic rings. The molecule has 1 aromatic carbocycles. The number of hydrogen-bond acceptors (Lipinski definition) is 6. The number of rotatable bonds is 4. The number of thiazole rings is 1. The summed E-state index contributed by atoms with van der Waals surface area (Å²) in [6.07, 6.45) is 3.98. The van der Waals surface area contributed by atoms with E-state index < -0.39 is 5.69 Å². The highest BCUT2D eigenvalue weighted by atomic mass is 32.1. The van der Waals surface area contributed by atoms with Crippen LogP contribution in [-0.2, 0) is 6.54 Å². The fraction of sp³-hybridized carbons (Fsp3) is 0.368. The number of piperidine rings is 1. The second-order valence-electron chi connectivity index (χ2n) is 6.79. The highest BCUT2D eigenvalue weighted by Crippen LogP contribution is 2.31. The van der Waals surface area contributed by atoms with Crippen LogP contribution >= 0.6 is 11.3 Å². The number of H-pyrrole nitrogens is 1. The number of carbonyl (C=O) groups is 1. The van der Waals surface area contributed by atoms with Crippen molar-refractivity contribution in [3.8, 4) is 0 Å². The largest absolute Gasteiger partial charge is 0.328 e. The first-order chi connectivity index (χ1) is 13.6. The minimum Gasteiger partial charge on any atom is -0.317 e. The SMILES string of the molecule is CCn1c(=O)[nH]c2cc(C(=O)Nc3ncc(C4CCNCC4)s3)ccc2c1=O. The summed E-state index contributed by atoms with van der Waals surface area (Å²) < 4.78 is 1.12. The molecule has 1 aliphatic heterocycles. The van der Waals surface area contributed by atoms with Crippen molar-refractivity contribution >= 4 is 33.3 Å². The molecule has 2 aromatic heterocycles. The zero-order valence-corrected chi connectivity index (χ0v) is 16.3. The molecule has 146 valence electrons. The third kappa shape index (κ3) is 3.50. The summed E-state index contributed by atoms with van der Waals surface area (Å²) in [5.74, 6) is 0.157. The van der Waals surface area contributed by atoms with Gasteiger partial charge in [-0.2, -0.15) is 0 Å². The molecular formula is C19H21N5O3S. The number of aromatic amines is 1. The third-order valence-electron chi connectivity index (χ3n) is 5.05. The lowest BCUT2D eigenvalue weighted by Crippen LogP contribution is -2.34. The number of amides is 1. The maximum Gasteiger partial charge on any atom is 0.328 e. The number of aromatic nitrogens is 3. The maximum absolute atomic E-state index is 12.6. The van der Waals surface area contributed by atoms with Crippen LogP contribution in [0.15, 0.2) is 34.0 Å². The Hall–Kier alpha value is -2.78. The smallest absolute Gasteiger partial charge is 0.317 e. The van der Waals surface area contributed by atoms with E-state index in [-0.39, 0.29) is 18.0 Å². The number of benzene rings is 1. The Morgan fingerprint density at radius 2 is 2.11 bits per heavy atom. The van der Waals surface area contributed by atoms with Crippen molar-refractivity contribution in [2.75, 3.05) is 18.4 Å². The van der Waals surface area contributed by atoms with Gasteiger partial charge in [-0.05, 0) is 57.0 Å². The van der Waals surface area contributed by atoms with E-state index in [4.69, 9.17) is 0 Å². The monoisotopic (exact) mass is 399 g/mol. The van der Waals surface area contributed by atoms with Crippen LogP contribution in [-0.4, -0.2) is 33.5 Å². The highest BCUT2D eigenvalue weighted by Gasteiger charge is 2.19. The Labute approximate surface area is 164 Å². The predicted molar refractivity (Wildman–Crippen MR) is 109 cm³/mol. The Morgan fingerprint density at radius 1 is 1.32 bits per heavy atom. The molecule has 3 heterocycles. The van der Waals surface area contributed by atoms with E-state index in [9.17, 15) is 14.4 Å². The molecule has 1 saturated heterocycles. The number of nitrogens with zero attached hydrogens (tertiary/aromatic N) is 2. The number of nitrogens with one attached hydrogen (secondary N) is 3. The van der Waals surface area contributed by atoms with Gasteiger partial charge in [0.1, 0.15) is 0 Å². The molecule has 28 heavy (non-hydrogen) atoms. The molecule has 3 aromatic rings. The Kier molecular flexibility index (Phi) is 5.10. The van der Waals surface area contributed by atoms with Gasteiger partial charge in [-0.3, -0.25) is 19.5 Å². The van der Waals surface area contributed by atoms with E-state index in [1.165, 1.54) is 22.3 Å². The molecule has 4 rings (SSSR count). The van der Waals surface area contributed by atoms with Crippen LogP contribution in [0.1, 0.15) is 40.9 Å². The van der Waals surface area contributed by atoms with Gasteiger partial charge in [0, 0.05) is 23.2 Å². The van der Waals surface area contributed by atoms with Crippen LogP contribution in [0, 0.1) is 0 Å². The standard InChI is InChI=1S/C19H21N5O3S/c1-2-24-17(26)13-4-3-12(9-14(13)22-19(24)27)16(25)23-18-21-10-15(28-18)11-5-7-20-8-6-11/h3-4,9-11,20H,2,5-8H2,1H3,(H,22,27)(H,21,23,25). The number of carbonyl (C=O) groups excluding carboxylic acids is 1. The Balaban J connectivity index is 1.56. The average molecular weight is 399 g/mol. The Bertz CT molecular complexity index is 1140. The van der Waals surface area contributed by atoms with Crippen LogP contribution in [0.4, 0.5) is 5.13 Å². The second kappa shape index (κ2) is 7.69. The topological polar surface area (TPSA) is 109 Å². The minimum atomic E-state index is -0.482. The third-order valence-corrected chi connectivity index (χ3v) is 6.12. The van der Waals surface area contributed by atoms with Crippen molar-refractivity contribution in [3.63, 3.8) is 0 Å². The maximum atomic E-state index is 12.6. The number of anilines is 1. The van der Waals surface area contributed by atoms with Gasteiger partial charge in [-0.1, -0.05) is 0 Å². The Morgan fingerprint density at radius 3 is 2.86 bits per heavy atom. The molecule has 9 heteroatoms. The van der Waals surface area contributed by atoms with Gasteiger partial charge >= 0.3 is 5.69 Å². The van der Waals surface area contributed by atoms with Gasteiger partial charge < -0.3 is 10.3 Å². The van der Waals surface area contributed by atoms with Gasteiger partial charge in [0.15, 0.2) is 5.13 Å². The summed E-state index contributed by atoms with van der Waals surface area (Å²) in [7, 11) is 0. The fourth-order valence-electron chi connectivity index (χ4n) is 3.49. The van der Waals surface area contributed by atoms with Crippen molar-refractivity contribution in [3.05, 3.63) is 55.7 Å². The van der Waals surface area contributed by atoms with Crippen molar-refractivity contribution in [2.24, 2.45) is 0 Å². The van der Waals surface area contributed by atoms with Gasteiger partial charge in [0.25, 0.3) is 11.5 Å². The summed E-state index contributed by atoms with van der Waals surface area (Å²) in [6.45, 7) is 4.02. The first kappa shape index (κ1) is 18.6. The highest BCUT2D eigenvalue weighted by molar-refractivity contribution is 7.15. The first-order valence-electron chi connectivity index (χ1n) is 9.31. The molecule has 1 amide bonds. The van der Waals surface area contributed by atoms with E-state index >= 15 is 0 Å². The lowest BCUT2D eigenvalue weighted by Gasteiger charge is -2.20. The number of fused-ring (bicyclic) bond motifs is 1. The van der Waals surface area contributed by atoms with Crippen molar-refractivity contribution < 1.29 is 4.79 Å². The van der Waals surface area contributed by atoms with Crippen LogP contribution in [0.25, 0.3) is 10.9 Å². The summed E-state index contributed by atoms with van der Waals surface area (Å²) >= 11 is 1.49. The quantitative estimate of drug-likeness (QED) is 0.621. The van der Waals surface area contributed by atoms with E-state index in [0.29, 0.717) is 27.5 Å². The van der Waals surface area contributed by atoms with E-state index in [1.54, 1.807) is 19.1 Å². The lowest BCUT2D eigenvalue weighted by atomic mass is 9.97. The summed E-state index contributed by atoms with van der Waals surface area (Å²) in [5, 5.41) is 7.08. The minimum absolute atomic E-state index is 0.287. The van der Waals surface area contributed by atoms with Crippen molar-refractivity contribution in [1.29, 1.82) is 0 Å². The van der Waals surface area contributed by atoms with Gasteiger partial charge in [0.2, 0.25) is 0 Å². The molecule has 0 unspecified atom stereocenters. The van der Waals surface area contributed by atoms with E-state index in [2.05, 4.69) is 20.6 Å². The van der Waals surface area contributed by atoms with Crippen molar-refractivity contribution in [2.45, 2.75) is 32.2 Å². The zero-order valence-electron chi connectivity index (χ0n) is 15.4. The van der Waals surface area contributed by atoms with Gasteiger partial charge in [0.05, 0.1) is 10.9 Å². The molecule has 8 nitrogen and oxygen atoms in total. The molecule has 0 saturated carbocycles. The zero-order chi connectivity index (χ0) is 19.7. The van der Waals surface area contributed by atoms with Crippen LogP contribution in [0.2, 0.25) is 0 Å². The fourth-order valence-corrected chi connectivity index (χ4v) is 4.47. The summed E-state index contributed by atoms with van der Waals surface area (Å²) in [6, 6.07) is 4.67. The molecule has 0 radical (unpaired) electrons. The van der Waals surface area contributed by atoms with Gasteiger partial charge in [-0.25, -0.2) is 9.78 Å². The molecule has 0 atom stereocenters. The van der Waals surface area contributed by atoms with Crippen LogP contribution in [0.3, 0.4) is 0 Å². The van der Waals surface area contributed by atoms with Crippen LogP contribution < -0.4 is 21.9 Å². The summed E-state index contributed by atoms with van der Waals surface area (Å²) in [5.41, 5.74) is -0.138. The molecule has 1 fully saturated rings.